The molecular weight excluding hydrogens is 710 g/mol. The summed E-state index contributed by atoms with van der Waals surface area (Å²) in [5, 5.41) is 9.30. The average molecular weight is 761 g/mol. The predicted molar refractivity (Wildman–Crippen MR) is 202 cm³/mol. The minimum Gasteiger partial charge on any atom is -0.480 e. The molecule has 2 aromatic carbocycles. The van der Waals surface area contributed by atoms with Crippen LogP contribution in [-0.4, -0.2) is 95.5 Å². The standard InChI is InChI=1S/C38H51F3N4O5SSi/c1-38(2,3)35(33-16-26(29-17-28(39)12-13-30(29)40)19-43(33)18-25-10-8-7-9-11-25)45(34(46)24-51-23-32(42)36(47)48)21-27-20-44(22-31(27)41)37(49)50-14-15-52(4,5)6/h7-13,16-17,19,27,31-32,35H,14-15,18,20-24,42H2,1-6H3,(H,47,48)/t27-,31-,32?,35?/m0/s1. The van der Waals surface area contributed by atoms with Gasteiger partial charge in [0.05, 0.1) is 24.9 Å². The number of thioether (sulfide) groups is 1. The van der Waals surface area contributed by atoms with Gasteiger partial charge >= 0.3 is 12.1 Å². The Morgan fingerprint density at radius 2 is 1.77 bits per heavy atom. The number of carboxylic acids is 1. The van der Waals surface area contributed by atoms with Crippen LogP contribution in [0.15, 0.2) is 60.8 Å². The summed E-state index contributed by atoms with van der Waals surface area (Å²) in [7, 11) is -1.47. The molecule has 14 heteroatoms. The summed E-state index contributed by atoms with van der Waals surface area (Å²) in [6.45, 7) is 12.7. The lowest BCUT2D eigenvalue weighted by atomic mass is 9.82. The van der Waals surface area contributed by atoms with Crippen LogP contribution in [0.5, 0.6) is 0 Å². The Bertz CT molecular complexity index is 1700. The molecule has 3 aromatic rings. The molecule has 1 aliphatic heterocycles. The van der Waals surface area contributed by atoms with Gasteiger partial charge in [-0.1, -0.05) is 70.7 Å². The van der Waals surface area contributed by atoms with Crippen molar-refractivity contribution >= 4 is 37.8 Å². The van der Waals surface area contributed by atoms with E-state index in [4.69, 9.17) is 10.5 Å². The molecule has 4 atom stereocenters. The Balaban J connectivity index is 1.75. The van der Waals surface area contributed by atoms with Gasteiger partial charge in [-0.25, -0.2) is 18.0 Å². The highest BCUT2D eigenvalue weighted by atomic mass is 32.2. The van der Waals surface area contributed by atoms with Crippen molar-refractivity contribution in [1.82, 2.24) is 14.4 Å². The van der Waals surface area contributed by atoms with Gasteiger partial charge in [-0.2, -0.15) is 0 Å². The number of carboxylic acid groups (broad SMARTS) is 1. The van der Waals surface area contributed by atoms with Gasteiger partial charge in [0, 0.05) is 62.4 Å². The van der Waals surface area contributed by atoms with E-state index in [2.05, 4.69) is 19.6 Å². The second-order valence-corrected chi connectivity index (χ2v) is 22.4. The molecule has 2 heterocycles. The van der Waals surface area contributed by atoms with Crippen LogP contribution in [0.1, 0.15) is 38.1 Å². The third-order valence-corrected chi connectivity index (χ3v) is 11.8. The number of likely N-dealkylation sites (tertiary alicyclic amines) is 1. The number of hydrogen-bond donors (Lipinski definition) is 2. The number of halogens is 3. The van der Waals surface area contributed by atoms with Crippen LogP contribution < -0.4 is 5.73 Å². The SMILES string of the molecule is CC(C)(C)C(c1cc(-c2cc(F)ccc2F)cn1Cc1ccccc1)N(C[C@@H]1CN(C(=O)OCC[Si](C)(C)C)C[C@@H]1F)C(=O)CSCC(N)C(=O)O. The van der Waals surface area contributed by atoms with Crippen LogP contribution in [-0.2, 0) is 20.9 Å². The highest BCUT2D eigenvalue weighted by molar-refractivity contribution is 8.00. The van der Waals surface area contributed by atoms with E-state index < -0.39 is 61.4 Å². The number of carbonyl (C=O) groups is 3. The van der Waals surface area contributed by atoms with Crippen molar-refractivity contribution in [3.8, 4) is 11.1 Å². The first-order valence-electron chi connectivity index (χ1n) is 17.4. The zero-order valence-electron chi connectivity index (χ0n) is 30.8. The van der Waals surface area contributed by atoms with Crippen LogP contribution in [0, 0.1) is 23.0 Å². The Morgan fingerprint density at radius 1 is 1.08 bits per heavy atom. The summed E-state index contributed by atoms with van der Waals surface area (Å²) < 4.78 is 52.9. The second kappa shape index (κ2) is 17.4. The maximum absolute atomic E-state index is 15.9. The first-order valence-corrected chi connectivity index (χ1v) is 22.3. The highest BCUT2D eigenvalue weighted by Crippen LogP contribution is 2.42. The van der Waals surface area contributed by atoms with Gasteiger partial charge in [0.25, 0.3) is 0 Å². The van der Waals surface area contributed by atoms with Crippen molar-refractivity contribution in [3.05, 3.63) is 83.7 Å². The predicted octanol–water partition coefficient (Wildman–Crippen LogP) is 7.29. The molecule has 3 N–H and O–H groups in total. The number of benzene rings is 2. The minimum absolute atomic E-state index is 0.0192. The smallest absolute Gasteiger partial charge is 0.409 e. The fraction of sp³-hybridized carbons (Fsp3) is 0.500. The molecule has 1 fully saturated rings. The molecule has 1 aromatic heterocycles. The number of rotatable bonds is 15. The number of amides is 2. The molecule has 52 heavy (non-hydrogen) atoms. The van der Waals surface area contributed by atoms with Crippen molar-refractivity contribution in [1.29, 1.82) is 0 Å². The van der Waals surface area contributed by atoms with Gasteiger partial charge in [-0.15, -0.1) is 11.8 Å². The number of carbonyl (C=O) groups excluding carboxylic acids is 2. The zero-order valence-corrected chi connectivity index (χ0v) is 32.6. The number of nitrogens with zero attached hydrogens (tertiary/aromatic N) is 3. The zero-order chi connectivity index (χ0) is 38.4. The van der Waals surface area contributed by atoms with E-state index in [1.165, 1.54) is 4.90 Å². The van der Waals surface area contributed by atoms with Crippen molar-refractivity contribution in [2.45, 2.75) is 71.3 Å². The molecule has 284 valence electrons. The average Bonchev–Trinajstić information content (AvgIpc) is 3.63. The number of aliphatic carboxylic acids is 1. The number of aromatic nitrogens is 1. The van der Waals surface area contributed by atoms with Crippen molar-refractivity contribution in [2.75, 3.05) is 37.7 Å². The maximum Gasteiger partial charge on any atom is 0.409 e. The number of alkyl halides is 1. The summed E-state index contributed by atoms with van der Waals surface area (Å²) in [4.78, 5) is 41.6. The molecule has 2 unspecified atom stereocenters. The summed E-state index contributed by atoms with van der Waals surface area (Å²) in [5.74, 6) is -3.69. The van der Waals surface area contributed by atoms with Gasteiger partial charge in [-0.3, -0.25) is 9.59 Å². The fourth-order valence-electron chi connectivity index (χ4n) is 6.33. The Morgan fingerprint density at radius 3 is 2.40 bits per heavy atom. The van der Waals surface area contributed by atoms with Crippen molar-refractivity contribution in [2.24, 2.45) is 17.1 Å². The molecule has 9 nitrogen and oxygen atoms in total. The summed E-state index contributed by atoms with van der Waals surface area (Å²) in [5.41, 5.74) is 7.05. The maximum atomic E-state index is 15.9. The summed E-state index contributed by atoms with van der Waals surface area (Å²) in [6, 6.07) is 13.4. The Kier molecular flexibility index (Phi) is 13.7. The third-order valence-electron chi connectivity index (χ3n) is 9.07. The lowest BCUT2D eigenvalue weighted by molar-refractivity contribution is -0.138. The Hall–Kier alpha value is -3.75. The number of nitrogens with two attached hydrogens (primary N) is 1. The quantitative estimate of drug-likeness (QED) is 0.156. The molecule has 4 rings (SSSR count). The van der Waals surface area contributed by atoms with Crippen LogP contribution in [0.2, 0.25) is 25.7 Å². The van der Waals surface area contributed by atoms with E-state index in [0.717, 1.165) is 41.6 Å². The van der Waals surface area contributed by atoms with Gasteiger partial charge in [0.15, 0.2) is 0 Å². The molecule has 0 saturated carbocycles. The van der Waals surface area contributed by atoms with Crippen molar-refractivity contribution in [3.63, 3.8) is 0 Å². The van der Waals surface area contributed by atoms with Gasteiger partial charge in [0.1, 0.15) is 23.8 Å². The van der Waals surface area contributed by atoms with E-state index >= 15 is 8.78 Å². The first-order chi connectivity index (χ1) is 24.3. The number of hydrogen-bond acceptors (Lipinski definition) is 6. The minimum atomic E-state index is -1.47. The molecule has 0 spiro atoms. The van der Waals surface area contributed by atoms with E-state index in [1.807, 2.05) is 55.7 Å². The fourth-order valence-corrected chi connectivity index (χ4v) is 7.90. The normalized spacial score (nSPS) is 17.5. The van der Waals surface area contributed by atoms with E-state index in [-0.39, 0.29) is 49.2 Å². The van der Waals surface area contributed by atoms with E-state index in [1.54, 1.807) is 17.2 Å². The molecule has 2 amide bonds. The number of ether oxygens (including phenoxy) is 1. The summed E-state index contributed by atoms with van der Waals surface area (Å²) >= 11 is 1.07. The third kappa shape index (κ3) is 11.1. The topological polar surface area (TPSA) is 118 Å². The lowest BCUT2D eigenvalue weighted by Crippen LogP contribution is -2.47. The van der Waals surface area contributed by atoms with Crippen LogP contribution in [0.3, 0.4) is 0 Å². The molecule has 1 saturated heterocycles. The lowest BCUT2D eigenvalue weighted by Gasteiger charge is -2.42. The molecule has 1 aliphatic rings. The van der Waals surface area contributed by atoms with Crippen LogP contribution in [0.4, 0.5) is 18.0 Å². The highest BCUT2D eigenvalue weighted by Gasteiger charge is 2.43. The molecular formula is C38H51F3N4O5SSi. The van der Waals surface area contributed by atoms with E-state index in [0.29, 0.717) is 17.8 Å². The summed E-state index contributed by atoms with van der Waals surface area (Å²) in [6.07, 6.45) is -0.305. The molecule has 0 bridgehead atoms. The Labute approximate surface area is 309 Å². The van der Waals surface area contributed by atoms with E-state index in [9.17, 15) is 23.9 Å². The molecule has 0 aliphatic carbocycles. The van der Waals surface area contributed by atoms with Crippen LogP contribution in [0.25, 0.3) is 11.1 Å². The van der Waals surface area contributed by atoms with Crippen LogP contribution >= 0.6 is 11.8 Å². The molecule has 0 radical (unpaired) electrons. The van der Waals surface area contributed by atoms with Gasteiger partial charge in [-0.05, 0) is 41.3 Å². The second-order valence-electron chi connectivity index (χ2n) is 15.8. The largest absolute Gasteiger partial charge is 0.480 e. The van der Waals surface area contributed by atoms with Gasteiger partial charge in [0.2, 0.25) is 5.91 Å². The first kappa shape index (κ1) is 41.0. The monoisotopic (exact) mass is 760 g/mol. The van der Waals surface area contributed by atoms with Gasteiger partial charge < -0.3 is 29.9 Å². The van der Waals surface area contributed by atoms with Crippen molar-refractivity contribution < 1.29 is 37.4 Å².